The molecule has 0 spiro atoms. The van der Waals surface area contributed by atoms with Gasteiger partial charge in [-0.05, 0) is 44.9 Å². The molecule has 0 saturated heterocycles. The number of para-hydroxylation sites is 1. The number of unbranched alkanes of at least 4 members (excludes halogenated alkanes) is 1. The first kappa shape index (κ1) is 23.7. The Morgan fingerprint density at radius 2 is 1.94 bits per heavy atom. The Hall–Kier alpha value is -3.40. The number of fused-ring (bicyclic) bond motifs is 3. The molecular weight excluding hydrogens is 454 g/mol. The average molecular weight is 482 g/mol. The lowest BCUT2D eigenvalue weighted by Gasteiger charge is -2.12. The molecule has 1 atom stereocenters. The predicted molar refractivity (Wildman–Crippen MR) is 131 cm³/mol. The molecule has 1 unspecified atom stereocenters. The van der Waals surface area contributed by atoms with Crippen LogP contribution in [0.3, 0.4) is 0 Å². The number of hydrogen-bond acceptors (Lipinski definition) is 7. The summed E-state index contributed by atoms with van der Waals surface area (Å²) in [7, 11) is 1.31. The highest BCUT2D eigenvalue weighted by Crippen LogP contribution is 2.29. The van der Waals surface area contributed by atoms with Gasteiger partial charge in [-0.1, -0.05) is 37.2 Å². The quantitative estimate of drug-likeness (QED) is 0.230. The molecular formula is C24H27N5O4S. The first-order valence-corrected chi connectivity index (χ1v) is 12.0. The van der Waals surface area contributed by atoms with Crippen molar-refractivity contribution in [3.05, 3.63) is 57.1 Å². The summed E-state index contributed by atoms with van der Waals surface area (Å²) in [4.78, 5) is 41.6. The van der Waals surface area contributed by atoms with Crippen molar-refractivity contribution in [3.8, 4) is 0 Å². The van der Waals surface area contributed by atoms with Gasteiger partial charge >= 0.3 is 5.97 Å². The van der Waals surface area contributed by atoms with Crippen molar-refractivity contribution in [2.24, 2.45) is 0 Å². The number of methoxy groups -OCH3 is 1. The van der Waals surface area contributed by atoms with E-state index in [-0.39, 0.29) is 11.3 Å². The van der Waals surface area contributed by atoms with Crippen LogP contribution >= 0.6 is 11.8 Å². The third-order valence-corrected chi connectivity index (χ3v) is 6.98. The van der Waals surface area contributed by atoms with Gasteiger partial charge in [-0.3, -0.25) is 18.6 Å². The number of nitrogens with one attached hydrogen (secondary N) is 1. The Morgan fingerprint density at radius 3 is 2.65 bits per heavy atom. The third kappa shape index (κ3) is 3.91. The van der Waals surface area contributed by atoms with E-state index in [1.807, 2.05) is 22.6 Å². The van der Waals surface area contributed by atoms with Gasteiger partial charge in [0, 0.05) is 12.2 Å². The predicted octanol–water partition coefficient (Wildman–Crippen LogP) is 3.94. The van der Waals surface area contributed by atoms with Crippen LogP contribution in [-0.2, 0) is 11.3 Å². The van der Waals surface area contributed by atoms with E-state index < -0.39 is 11.2 Å². The molecule has 0 aliphatic heterocycles. The highest BCUT2D eigenvalue weighted by molar-refractivity contribution is 8.00. The van der Waals surface area contributed by atoms with Crippen LogP contribution in [0, 0.1) is 13.8 Å². The molecule has 0 bridgehead atoms. The minimum Gasteiger partial charge on any atom is -0.465 e. The van der Waals surface area contributed by atoms with Crippen LogP contribution in [0.25, 0.3) is 16.7 Å². The maximum atomic E-state index is 13.3. The van der Waals surface area contributed by atoms with E-state index in [1.54, 1.807) is 31.4 Å². The summed E-state index contributed by atoms with van der Waals surface area (Å²) in [5, 5.41) is 9.22. The standard InChI is InChI=1S/C24H27N5O4S/c1-6-7-12-28-21(31)16-10-8-9-11-17(16)29-23(28)26-27-24(29)34-15(4)20(30)19-13(2)18(14(3)25-19)22(32)33-5/h8-11,15,25H,6-7,12H2,1-5H3. The Bertz CT molecular complexity index is 1470. The molecule has 34 heavy (non-hydrogen) atoms. The molecule has 3 aromatic heterocycles. The number of Topliss-reactive ketones (excluding diaryl/α,β-unsaturated/α-hetero) is 1. The van der Waals surface area contributed by atoms with Crippen LogP contribution in [0.2, 0.25) is 0 Å². The Morgan fingerprint density at radius 1 is 1.21 bits per heavy atom. The van der Waals surface area contributed by atoms with Gasteiger partial charge in [0.05, 0.1) is 34.5 Å². The van der Waals surface area contributed by atoms with Gasteiger partial charge < -0.3 is 9.72 Å². The number of esters is 1. The summed E-state index contributed by atoms with van der Waals surface area (Å²) in [6.45, 7) is 7.86. The molecule has 1 aromatic carbocycles. The molecule has 4 rings (SSSR count). The van der Waals surface area contributed by atoms with Gasteiger partial charge in [-0.15, -0.1) is 10.2 Å². The first-order valence-electron chi connectivity index (χ1n) is 11.1. The van der Waals surface area contributed by atoms with Crippen molar-refractivity contribution in [2.45, 2.75) is 57.5 Å². The zero-order valence-electron chi connectivity index (χ0n) is 19.8. The number of ketones is 1. The largest absolute Gasteiger partial charge is 0.465 e. The van der Waals surface area contributed by atoms with Crippen LogP contribution in [0.15, 0.2) is 34.2 Å². The fraction of sp³-hybridized carbons (Fsp3) is 0.375. The molecule has 0 radical (unpaired) electrons. The van der Waals surface area contributed by atoms with E-state index >= 15 is 0 Å². The maximum Gasteiger partial charge on any atom is 0.339 e. The number of H-pyrrole nitrogens is 1. The average Bonchev–Trinajstić information content (AvgIpc) is 3.38. The van der Waals surface area contributed by atoms with Crippen LogP contribution in [0.4, 0.5) is 0 Å². The molecule has 0 saturated carbocycles. The molecule has 0 aliphatic carbocycles. The minimum absolute atomic E-state index is 0.0996. The molecule has 10 heteroatoms. The summed E-state index contributed by atoms with van der Waals surface area (Å²) in [5.74, 6) is -0.189. The summed E-state index contributed by atoms with van der Waals surface area (Å²) in [6, 6.07) is 7.34. The monoisotopic (exact) mass is 481 g/mol. The second kappa shape index (κ2) is 9.46. The van der Waals surface area contributed by atoms with Gasteiger partial charge in [-0.2, -0.15) is 0 Å². The number of carbonyl (C=O) groups excluding carboxylic acids is 2. The number of carbonyl (C=O) groups is 2. The first-order chi connectivity index (χ1) is 16.3. The number of ether oxygens (including phenoxy) is 1. The van der Waals surface area contributed by atoms with Crippen molar-refractivity contribution >= 4 is 40.2 Å². The van der Waals surface area contributed by atoms with Gasteiger partial charge in [0.15, 0.2) is 10.9 Å². The van der Waals surface area contributed by atoms with Crippen LogP contribution < -0.4 is 5.56 Å². The van der Waals surface area contributed by atoms with E-state index in [0.717, 1.165) is 12.8 Å². The lowest BCUT2D eigenvalue weighted by molar-refractivity contribution is 0.0599. The number of thioether (sulfide) groups is 1. The number of hydrogen-bond donors (Lipinski definition) is 1. The van der Waals surface area contributed by atoms with Gasteiger partial charge in [-0.25, -0.2) is 4.79 Å². The van der Waals surface area contributed by atoms with E-state index in [2.05, 4.69) is 22.1 Å². The van der Waals surface area contributed by atoms with Crippen molar-refractivity contribution < 1.29 is 14.3 Å². The van der Waals surface area contributed by atoms with Crippen LogP contribution in [-0.4, -0.2) is 48.3 Å². The summed E-state index contributed by atoms with van der Waals surface area (Å²) in [6.07, 6.45) is 1.78. The smallest absolute Gasteiger partial charge is 0.339 e. The second-order valence-electron chi connectivity index (χ2n) is 8.19. The molecule has 1 N–H and O–H groups in total. The lowest BCUT2D eigenvalue weighted by atomic mass is 10.1. The van der Waals surface area contributed by atoms with Gasteiger partial charge in [0.25, 0.3) is 5.56 Å². The molecule has 0 amide bonds. The summed E-state index contributed by atoms with van der Waals surface area (Å²) >= 11 is 1.26. The number of aromatic amines is 1. The normalized spacial score (nSPS) is 12.4. The zero-order valence-corrected chi connectivity index (χ0v) is 20.7. The maximum absolute atomic E-state index is 13.3. The van der Waals surface area contributed by atoms with Gasteiger partial charge in [0.2, 0.25) is 5.78 Å². The SMILES string of the molecule is CCCCn1c(=O)c2ccccc2n2c(SC(C)C(=O)c3[nH]c(C)c(C(=O)OC)c3C)nnc12. The van der Waals surface area contributed by atoms with Crippen molar-refractivity contribution in [1.82, 2.24) is 24.1 Å². The van der Waals surface area contributed by atoms with Crippen molar-refractivity contribution in [3.63, 3.8) is 0 Å². The van der Waals surface area contributed by atoms with E-state index in [0.29, 0.717) is 50.9 Å². The van der Waals surface area contributed by atoms with Crippen molar-refractivity contribution in [1.29, 1.82) is 0 Å². The summed E-state index contributed by atoms with van der Waals surface area (Å²) < 4.78 is 8.34. The number of aryl methyl sites for hydroxylation is 2. The third-order valence-electron chi connectivity index (χ3n) is 5.94. The number of benzene rings is 1. The van der Waals surface area contributed by atoms with Crippen LogP contribution in [0.5, 0.6) is 0 Å². The minimum atomic E-state index is -0.524. The fourth-order valence-corrected chi connectivity index (χ4v) is 5.06. The summed E-state index contributed by atoms with van der Waals surface area (Å²) in [5.41, 5.74) is 2.49. The highest BCUT2D eigenvalue weighted by atomic mass is 32.2. The lowest BCUT2D eigenvalue weighted by Crippen LogP contribution is -2.23. The molecule has 178 valence electrons. The Balaban J connectivity index is 1.76. The van der Waals surface area contributed by atoms with E-state index in [9.17, 15) is 14.4 Å². The van der Waals surface area contributed by atoms with Crippen LogP contribution in [0.1, 0.15) is 58.8 Å². The number of aromatic nitrogens is 5. The topological polar surface area (TPSA) is 111 Å². The fourth-order valence-electron chi connectivity index (χ4n) is 4.15. The Kier molecular flexibility index (Phi) is 6.60. The van der Waals surface area contributed by atoms with E-state index in [1.165, 1.54) is 18.9 Å². The molecule has 0 fully saturated rings. The zero-order chi connectivity index (χ0) is 24.6. The molecule has 4 aromatic rings. The highest BCUT2D eigenvalue weighted by Gasteiger charge is 2.27. The van der Waals surface area contributed by atoms with Gasteiger partial charge in [0.1, 0.15) is 0 Å². The van der Waals surface area contributed by atoms with Crippen molar-refractivity contribution in [2.75, 3.05) is 7.11 Å². The Labute approximate surface area is 200 Å². The molecule has 9 nitrogen and oxygen atoms in total. The molecule has 0 aliphatic rings. The van der Waals surface area contributed by atoms with E-state index in [4.69, 9.17) is 4.74 Å². The molecule has 3 heterocycles. The second-order valence-corrected chi connectivity index (χ2v) is 9.49. The number of nitrogens with zero attached hydrogens (tertiary/aromatic N) is 4. The number of rotatable bonds is 8.